The minimum Gasteiger partial charge on any atom is -0.456 e. The smallest absolute Gasteiger partial charge is 0.409 e. The normalized spacial score (nSPS) is 14.0. The van der Waals surface area contributed by atoms with E-state index in [4.69, 9.17) is 9.47 Å². The summed E-state index contributed by atoms with van der Waals surface area (Å²) in [6, 6.07) is 11.7. The number of para-hydroxylation sites is 1. The molecule has 0 bridgehead atoms. The van der Waals surface area contributed by atoms with Crippen LogP contribution in [0.2, 0.25) is 0 Å². The molecule has 0 atom stereocenters. The average molecular weight is 399 g/mol. The van der Waals surface area contributed by atoms with Crippen LogP contribution in [0.15, 0.2) is 36.4 Å². The van der Waals surface area contributed by atoms with Crippen molar-refractivity contribution in [3.63, 3.8) is 0 Å². The Balaban J connectivity index is 1.39. The lowest BCUT2D eigenvalue weighted by atomic mass is 10.1. The molecule has 0 spiro atoms. The Morgan fingerprint density at radius 3 is 2.45 bits per heavy atom. The van der Waals surface area contributed by atoms with Crippen LogP contribution in [0.1, 0.15) is 19.0 Å². The molecule has 1 aliphatic heterocycles. The number of ether oxygens (including phenoxy) is 2. The Morgan fingerprint density at radius 1 is 0.966 bits per heavy atom. The number of esters is 1. The summed E-state index contributed by atoms with van der Waals surface area (Å²) in [6.45, 7) is 3.40. The molecule has 8 nitrogen and oxygen atoms in total. The zero-order valence-corrected chi connectivity index (χ0v) is 16.5. The van der Waals surface area contributed by atoms with E-state index in [0.29, 0.717) is 39.2 Å². The third-order valence-electron chi connectivity index (χ3n) is 4.76. The zero-order valence-electron chi connectivity index (χ0n) is 16.5. The standard InChI is InChI=1S/C21H25N3O5/c1-2-28-21(27)24-13-11-23(12-14-24)19(25)15-29-20(26)10-9-17-8-7-16-5-3-4-6-18(16)22-17/h3-8H,2,9-15H2,1H3. The van der Waals surface area contributed by atoms with E-state index in [1.165, 1.54) is 0 Å². The van der Waals surface area contributed by atoms with Gasteiger partial charge in [-0.15, -0.1) is 0 Å². The minimum absolute atomic E-state index is 0.162. The van der Waals surface area contributed by atoms with E-state index in [-0.39, 0.29) is 25.0 Å². The van der Waals surface area contributed by atoms with Crippen molar-refractivity contribution in [1.29, 1.82) is 0 Å². The summed E-state index contributed by atoms with van der Waals surface area (Å²) < 4.78 is 10.1. The van der Waals surface area contributed by atoms with E-state index in [2.05, 4.69) is 4.98 Å². The number of hydrogen-bond donors (Lipinski definition) is 0. The fourth-order valence-electron chi connectivity index (χ4n) is 3.14. The van der Waals surface area contributed by atoms with Gasteiger partial charge in [-0.1, -0.05) is 24.3 Å². The van der Waals surface area contributed by atoms with E-state index in [1.807, 2.05) is 36.4 Å². The largest absolute Gasteiger partial charge is 0.456 e. The molecule has 154 valence electrons. The summed E-state index contributed by atoms with van der Waals surface area (Å²) >= 11 is 0. The number of nitrogens with zero attached hydrogens (tertiary/aromatic N) is 3. The van der Waals surface area contributed by atoms with Crippen LogP contribution in [0.25, 0.3) is 10.9 Å². The lowest BCUT2D eigenvalue weighted by molar-refractivity contribution is -0.152. The summed E-state index contributed by atoms with van der Waals surface area (Å²) in [4.78, 5) is 43.6. The molecular formula is C21H25N3O5. The maximum absolute atomic E-state index is 12.2. The Labute approximate surface area is 169 Å². The van der Waals surface area contributed by atoms with Gasteiger partial charge in [0.15, 0.2) is 6.61 Å². The number of carbonyl (C=O) groups excluding carboxylic acids is 3. The van der Waals surface area contributed by atoms with Crippen LogP contribution in [0.4, 0.5) is 4.79 Å². The Bertz CT molecular complexity index is 878. The highest BCUT2D eigenvalue weighted by Gasteiger charge is 2.25. The molecule has 2 aromatic rings. The van der Waals surface area contributed by atoms with Gasteiger partial charge in [0.25, 0.3) is 5.91 Å². The molecule has 1 saturated heterocycles. The van der Waals surface area contributed by atoms with Crippen molar-refractivity contribution in [2.45, 2.75) is 19.8 Å². The SMILES string of the molecule is CCOC(=O)N1CCN(C(=O)COC(=O)CCc2ccc3ccccc3n2)CC1. The molecule has 2 amide bonds. The minimum atomic E-state index is -0.432. The molecule has 1 aromatic carbocycles. The number of benzene rings is 1. The monoisotopic (exact) mass is 399 g/mol. The summed E-state index contributed by atoms with van der Waals surface area (Å²) in [7, 11) is 0. The van der Waals surface area contributed by atoms with E-state index < -0.39 is 5.97 Å². The number of fused-ring (bicyclic) bond motifs is 1. The lowest BCUT2D eigenvalue weighted by Crippen LogP contribution is -2.51. The van der Waals surface area contributed by atoms with Crippen molar-refractivity contribution in [3.8, 4) is 0 Å². The number of carbonyl (C=O) groups is 3. The van der Waals surface area contributed by atoms with Gasteiger partial charge in [0.05, 0.1) is 18.5 Å². The molecule has 29 heavy (non-hydrogen) atoms. The van der Waals surface area contributed by atoms with Crippen LogP contribution in [-0.4, -0.2) is 72.1 Å². The van der Waals surface area contributed by atoms with Crippen LogP contribution >= 0.6 is 0 Å². The van der Waals surface area contributed by atoms with Crippen LogP contribution in [0, 0.1) is 0 Å². The Hall–Kier alpha value is -3.16. The number of aromatic nitrogens is 1. The molecule has 8 heteroatoms. The van der Waals surface area contributed by atoms with E-state index >= 15 is 0 Å². The lowest BCUT2D eigenvalue weighted by Gasteiger charge is -2.33. The highest BCUT2D eigenvalue weighted by molar-refractivity contribution is 5.81. The number of aryl methyl sites for hydroxylation is 1. The maximum atomic E-state index is 12.2. The van der Waals surface area contributed by atoms with Gasteiger partial charge in [0.1, 0.15) is 0 Å². The van der Waals surface area contributed by atoms with Gasteiger partial charge < -0.3 is 19.3 Å². The van der Waals surface area contributed by atoms with Crippen molar-refractivity contribution in [1.82, 2.24) is 14.8 Å². The molecule has 0 radical (unpaired) electrons. The summed E-state index contributed by atoms with van der Waals surface area (Å²) in [5.41, 5.74) is 1.69. The Kier molecular flexibility index (Phi) is 6.99. The first-order valence-corrected chi connectivity index (χ1v) is 9.76. The van der Waals surface area contributed by atoms with E-state index in [1.54, 1.807) is 16.7 Å². The summed E-state index contributed by atoms with van der Waals surface area (Å²) in [5, 5.41) is 1.05. The molecular weight excluding hydrogens is 374 g/mol. The highest BCUT2D eigenvalue weighted by Crippen LogP contribution is 2.13. The van der Waals surface area contributed by atoms with Crippen molar-refractivity contribution in [3.05, 3.63) is 42.1 Å². The third-order valence-corrected chi connectivity index (χ3v) is 4.76. The fraction of sp³-hybridized carbons (Fsp3) is 0.429. The topological polar surface area (TPSA) is 89.0 Å². The average Bonchev–Trinajstić information content (AvgIpc) is 2.76. The maximum Gasteiger partial charge on any atom is 0.409 e. The molecule has 0 N–H and O–H groups in total. The van der Waals surface area contributed by atoms with Crippen molar-refractivity contribution in [2.24, 2.45) is 0 Å². The number of pyridine rings is 1. The molecule has 1 aliphatic rings. The van der Waals surface area contributed by atoms with Crippen LogP contribution in [-0.2, 0) is 25.5 Å². The first kappa shape index (κ1) is 20.6. The number of amides is 2. The van der Waals surface area contributed by atoms with Crippen molar-refractivity contribution < 1.29 is 23.9 Å². The van der Waals surface area contributed by atoms with Crippen molar-refractivity contribution >= 4 is 28.9 Å². The molecule has 0 saturated carbocycles. The van der Waals surface area contributed by atoms with Gasteiger partial charge in [-0.3, -0.25) is 14.6 Å². The zero-order chi connectivity index (χ0) is 20.6. The second-order valence-electron chi connectivity index (χ2n) is 6.72. The number of rotatable bonds is 6. The first-order valence-electron chi connectivity index (χ1n) is 9.76. The molecule has 0 aliphatic carbocycles. The molecule has 3 rings (SSSR count). The van der Waals surface area contributed by atoms with E-state index in [0.717, 1.165) is 16.6 Å². The number of hydrogen-bond acceptors (Lipinski definition) is 6. The van der Waals surface area contributed by atoms with Crippen molar-refractivity contribution in [2.75, 3.05) is 39.4 Å². The second-order valence-corrected chi connectivity index (χ2v) is 6.72. The fourth-order valence-corrected chi connectivity index (χ4v) is 3.14. The molecule has 1 fully saturated rings. The van der Waals surface area contributed by atoms with Gasteiger partial charge in [-0.2, -0.15) is 0 Å². The van der Waals surface area contributed by atoms with Gasteiger partial charge in [0, 0.05) is 43.7 Å². The van der Waals surface area contributed by atoms with E-state index in [9.17, 15) is 14.4 Å². The van der Waals surface area contributed by atoms with Crippen LogP contribution in [0.5, 0.6) is 0 Å². The second kappa shape index (κ2) is 9.86. The third kappa shape index (κ3) is 5.66. The van der Waals surface area contributed by atoms with Gasteiger partial charge >= 0.3 is 12.1 Å². The molecule has 0 unspecified atom stereocenters. The summed E-state index contributed by atoms with van der Waals surface area (Å²) in [6.07, 6.45) is 0.249. The Morgan fingerprint density at radius 2 is 1.69 bits per heavy atom. The van der Waals surface area contributed by atoms with Crippen LogP contribution in [0.3, 0.4) is 0 Å². The van der Waals surface area contributed by atoms with Gasteiger partial charge in [0.2, 0.25) is 0 Å². The highest BCUT2D eigenvalue weighted by atomic mass is 16.6. The number of piperazine rings is 1. The first-order chi connectivity index (χ1) is 14.1. The van der Waals surface area contributed by atoms with Crippen LogP contribution < -0.4 is 0 Å². The predicted octanol–water partition coefficient (Wildman–Crippen LogP) is 2.01. The molecule has 1 aromatic heterocycles. The quantitative estimate of drug-likeness (QED) is 0.691. The van der Waals surface area contributed by atoms with Gasteiger partial charge in [-0.25, -0.2) is 4.79 Å². The molecule has 2 heterocycles. The predicted molar refractivity (Wildman–Crippen MR) is 106 cm³/mol. The summed E-state index contributed by atoms with van der Waals surface area (Å²) in [5.74, 6) is -0.691. The van der Waals surface area contributed by atoms with Gasteiger partial charge in [-0.05, 0) is 19.1 Å².